The number of ether oxygens (including phenoxy) is 1. The Balaban J connectivity index is 2.09. The van der Waals surface area contributed by atoms with E-state index in [1.54, 1.807) is 4.52 Å². The molecule has 2 heterocycles. The maximum atomic E-state index is 11.9. The van der Waals surface area contributed by atoms with E-state index in [4.69, 9.17) is 4.74 Å². The summed E-state index contributed by atoms with van der Waals surface area (Å²) in [7, 11) is 1.42. The van der Waals surface area contributed by atoms with Crippen molar-refractivity contribution in [2.24, 2.45) is 0 Å². The van der Waals surface area contributed by atoms with Gasteiger partial charge in [-0.05, 0) is 12.8 Å². The highest BCUT2D eigenvalue weighted by Gasteiger charge is 2.55. The van der Waals surface area contributed by atoms with E-state index in [0.29, 0.717) is 0 Å². The summed E-state index contributed by atoms with van der Waals surface area (Å²) in [6, 6.07) is 0. The van der Waals surface area contributed by atoms with Gasteiger partial charge in [-0.3, -0.25) is 4.79 Å². The molecule has 1 fully saturated rings. The number of fused-ring (bicyclic) bond motifs is 1. The van der Waals surface area contributed by atoms with Crippen LogP contribution in [0, 0.1) is 0 Å². The van der Waals surface area contributed by atoms with Crippen LogP contribution in [-0.4, -0.2) is 32.9 Å². The lowest BCUT2D eigenvalue weighted by Crippen LogP contribution is -2.22. The Kier molecular flexibility index (Phi) is 2.47. The molecule has 1 aliphatic carbocycles. The number of aromatic nitrogens is 4. The highest BCUT2D eigenvalue weighted by Crippen LogP contribution is 2.50. The number of rotatable bonds is 2. The maximum absolute atomic E-state index is 11.9. The first-order chi connectivity index (χ1) is 8.88. The van der Waals surface area contributed by atoms with Gasteiger partial charge in [-0.15, -0.1) is 10.2 Å². The van der Waals surface area contributed by atoms with Crippen LogP contribution in [0.25, 0.3) is 4.96 Å². The quantitative estimate of drug-likeness (QED) is 0.783. The third-order valence-corrected chi connectivity index (χ3v) is 4.50. The molecule has 0 saturated heterocycles. The van der Waals surface area contributed by atoms with E-state index in [1.807, 2.05) is 0 Å². The monoisotopic (exact) mass is 280 g/mol. The molecule has 19 heavy (non-hydrogen) atoms. The third-order valence-electron chi connectivity index (χ3n) is 3.40. The van der Waals surface area contributed by atoms with Gasteiger partial charge in [0.2, 0.25) is 4.96 Å². The SMILES string of the molecule is COC(=O)C1(c2nn3c(C(C)(C)C)nnc3s2)CC1. The van der Waals surface area contributed by atoms with Crippen molar-refractivity contribution >= 4 is 22.3 Å². The second-order valence-electron chi connectivity index (χ2n) is 5.95. The number of carbonyl (C=O) groups is 1. The van der Waals surface area contributed by atoms with Gasteiger partial charge in [-0.1, -0.05) is 32.1 Å². The minimum Gasteiger partial charge on any atom is -0.468 e. The molecule has 7 heteroatoms. The average Bonchev–Trinajstić information content (AvgIpc) is 2.86. The molecule has 0 aromatic carbocycles. The molecule has 0 atom stereocenters. The predicted octanol–water partition coefficient (Wildman–Crippen LogP) is 1.69. The number of carbonyl (C=O) groups excluding carboxylic acids is 1. The van der Waals surface area contributed by atoms with Crippen LogP contribution < -0.4 is 0 Å². The van der Waals surface area contributed by atoms with Crippen molar-refractivity contribution in [2.75, 3.05) is 7.11 Å². The standard InChI is InChI=1S/C12H16N4O2S/c1-11(2,3)7-13-14-10-16(7)15-8(19-10)12(5-6-12)9(17)18-4/h5-6H2,1-4H3. The molecule has 2 aromatic heterocycles. The van der Waals surface area contributed by atoms with Gasteiger partial charge in [0.25, 0.3) is 0 Å². The van der Waals surface area contributed by atoms with Crippen molar-refractivity contribution in [3.05, 3.63) is 10.8 Å². The molecule has 0 bridgehead atoms. The van der Waals surface area contributed by atoms with Crippen LogP contribution in [0.15, 0.2) is 0 Å². The summed E-state index contributed by atoms with van der Waals surface area (Å²) in [6.07, 6.45) is 1.60. The van der Waals surface area contributed by atoms with Crippen LogP contribution >= 0.6 is 11.3 Å². The summed E-state index contributed by atoms with van der Waals surface area (Å²) < 4.78 is 6.64. The van der Waals surface area contributed by atoms with E-state index in [2.05, 4.69) is 36.1 Å². The molecule has 0 amide bonds. The van der Waals surface area contributed by atoms with Gasteiger partial charge in [-0.25, -0.2) is 0 Å². The molecule has 1 aliphatic rings. The molecule has 1 saturated carbocycles. The molecule has 0 unspecified atom stereocenters. The van der Waals surface area contributed by atoms with Crippen LogP contribution in [-0.2, 0) is 20.4 Å². The van der Waals surface area contributed by atoms with Crippen LogP contribution in [0.2, 0.25) is 0 Å². The fourth-order valence-electron chi connectivity index (χ4n) is 2.10. The first-order valence-corrected chi connectivity index (χ1v) is 7.02. The van der Waals surface area contributed by atoms with E-state index >= 15 is 0 Å². The van der Waals surface area contributed by atoms with Crippen LogP contribution in [0.1, 0.15) is 44.4 Å². The maximum Gasteiger partial charge on any atom is 0.318 e. The van der Waals surface area contributed by atoms with Crippen LogP contribution in [0.5, 0.6) is 0 Å². The molecule has 6 nitrogen and oxygen atoms in total. The Bertz CT molecular complexity index is 648. The summed E-state index contributed by atoms with van der Waals surface area (Å²) in [6.45, 7) is 6.20. The zero-order valence-electron chi connectivity index (χ0n) is 11.4. The summed E-state index contributed by atoms with van der Waals surface area (Å²) >= 11 is 1.42. The average molecular weight is 280 g/mol. The van der Waals surface area contributed by atoms with Gasteiger partial charge >= 0.3 is 5.97 Å². The number of nitrogens with zero attached hydrogens (tertiary/aromatic N) is 4. The highest BCUT2D eigenvalue weighted by atomic mass is 32.1. The second kappa shape index (κ2) is 3.75. The van der Waals surface area contributed by atoms with Crippen molar-refractivity contribution in [1.29, 1.82) is 0 Å². The van der Waals surface area contributed by atoms with Crippen LogP contribution in [0.4, 0.5) is 0 Å². The number of hydrogen-bond donors (Lipinski definition) is 0. The van der Waals surface area contributed by atoms with E-state index in [-0.39, 0.29) is 11.4 Å². The fourth-order valence-corrected chi connectivity index (χ4v) is 3.18. The van der Waals surface area contributed by atoms with E-state index in [1.165, 1.54) is 18.4 Å². The van der Waals surface area contributed by atoms with Gasteiger partial charge < -0.3 is 4.74 Å². The van der Waals surface area contributed by atoms with Gasteiger partial charge in [0.1, 0.15) is 10.4 Å². The molecule has 2 aromatic rings. The minimum atomic E-state index is -0.532. The zero-order chi connectivity index (χ0) is 13.8. The number of methoxy groups -OCH3 is 1. The van der Waals surface area contributed by atoms with E-state index in [0.717, 1.165) is 28.6 Å². The van der Waals surface area contributed by atoms with Gasteiger partial charge in [-0.2, -0.15) is 9.61 Å². The molecule has 0 radical (unpaired) electrons. The first-order valence-electron chi connectivity index (χ1n) is 6.20. The number of hydrogen-bond acceptors (Lipinski definition) is 6. The molecule has 0 aliphatic heterocycles. The lowest BCUT2D eigenvalue weighted by molar-refractivity contribution is -0.143. The largest absolute Gasteiger partial charge is 0.468 e. The molecule has 3 rings (SSSR count). The molecular formula is C12H16N4O2S. The van der Waals surface area contributed by atoms with Crippen molar-refractivity contribution in [3.63, 3.8) is 0 Å². The lowest BCUT2D eigenvalue weighted by atomic mass is 9.96. The normalized spacial score (nSPS) is 17.7. The number of esters is 1. The summed E-state index contributed by atoms with van der Waals surface area (Å²) in [5.41, 5.74) is -0.665. The summed E-state index contributed by atoms with van der Waals surface area (Å²) in [5, 5.41) is 13.7. The predicted molar refractivity (Wildman–Crippen MR) is 70.3 cm³/mol. The Morgan fingerprint density at radius 1 is 1.37 bits per heavy atom. The fraction of sp³-hybridized carbons (Fsp3) is 0.667. The lowest BCUT2D eigenvalue weighted by Gasteiger charge is -2.14. The van der Waals surface area contributed by atoms with E-state index < -0.39 is 5.41 Å². The zero-order valence-corrected chi connectivity index (χ0v) is 12.2. The molecule has 0 N–H and O–H groups in total. The van der Waals surface area contributed by atoms with Crippen molar-refractivity contribution in [2.45, 2.75) is 44.4 Å². The Morgan fingerprint density at radius 2 is 2.05 bits per heavy atom. The summed E-state index contributed by atoms with van der Waals surface area (Å²) in [4.78, 5) is 12.6. The van der Waals surface area contributed by atoms with Crippen molar-refractivity contribution in [3.8, 4) is 0 Å². The smallest absolute Gasteiger partial charge is 0.318 e. The molecular weight excluding hydrogens is 264 g/mol. The van der Waals surface area contributed by atoms with Crippen molar-refractivity contribution < 1.29 is 9.53 Å². The van der Waals surface area contributed by atoms with Crippen LogP contribution in [0.3, 0.4) is 0 Å². The second-order valence-corrected chi connectivity index (χ2v) is 6.90. The Morgan fingerprint density at radius 3 is 2.58 bits per heavy atom. The molecule has 0 spiro atoms. The van der Waals surface area contributed by atoms with Gasteiger partial charge in [0, 0.05) is 5.41 Å². The van der Waals surface area contributed by atoms with Gasteiger partial charge in [0.05, 0.1) is 7.11 Å². The van der Waals surface area contributed by atoms with E-state index in [9.17, 15) is 4.79 Å². The first kappa shape index (κ1) is 12.5. The van der Waals surface area contributed by atoms with Crippen molar-refractivity contribution in [1.82, 2.24) is 19.8 Å². The summed E-state index contributed by atoms with van der Waals surface area (Å²) in [5.74, 6) is 0.612. The van der Waals surface area contributed by atoms with Gasteiger partial charge in [0.15, 0.2) is 5.82 Å². The topological polar surface area (TPSA) is 69.4 Å². The minimum absolute atomic E-state index is 0.132. The Hall–Kier alpha value is -1.50. The Labute approximate surface area is 114 Å². The highest BCUT2D eigenvalue weighted by molar-refractivity contribution is 7.17. The molecule has 102 valence electrons. The third kappa shape index (κ3) is 1.75.